The zero-order valence-corrected chi connectivity index (χ0v) is 18.8. The molecule has 0 spiro atoms. The van der Waals surface area contributed by atoms with Gasteiger partial charge in [-0.1, -0.05) is 60.7 Å². The summed E-state index contributed by atoms with van der Waals surface area (Å²) in [6.07, 6.45) is 6.38. The van der Waals surface area contributed by atoms with Crippen LogP contribution in [0.4, 0.5) is 0 Å². The Labute approximate surface area is 182 Å². The molecule has 1 saturated carbocycles. The summed E-state index contributed by atoms with van der Waals surface area (Å²) in [6.45, 7) is 2.59. The highest BCUT2D eigenvalue weighted by Crippen LogP contribution is 2.42. The van der Waals surface area contributed by atoms with Crippen LogP contribution in [0.2, 0.25) is 0 Å². The second-order valence-corrected chi connectivity index (χ2v) is 8.32. The van der Waals surface area contributed by atoms with Gasteiger partial charge in [-0.15, -0.1) is 12.4 Å². The maximum Gasteiger partial charge on any atom is 0.219 e. The average Bonchev–Trinajstić information content (AvgIpc) is 2.72. The van der Waals surface area contributed by atoms with Crippen LogP contribution in [-0.4, -0.2) is 42.4 Å². The monoisotopic (exact) mass is 414 g/mol. The van der Waals surface area contributed by atoms with Crippen molar-refractivity contribution in [3.05, 3.63) is 71.8 Å². The van der Waals surface area contributed by atoms with E-state index in [4.69, 9.17) is 0 Å². The molecule has 0 heterocycles. The molecular weight excluding hydrogens is 380 g/mol. The Bertz CT molecular complexity index is 740. The van der Waals surface area contributed by atoms with E-state index in [2.05, 4.69) is 84.6 Å². The van der Waals surface area contributed by atoms with Crippen LogP contribution in [0.1, 0.15) is 50.2 Å². The molecule has 0 aliphatic heterocycles. The molecule has 1 fully saturated rings. The highest BCUT2D eigenvalue weighted by atomic mass is 35.5. The van der Waals surface area contributed by atoms with Crippen molar-refractivity contribution < 1.29 is 4.79 Å². The van der Waals surface area contributed by atoms with Crippen LogP contribution in [0.3, 0.4) is 0 Å². The lowest BCUT2D eigenvalue weighted by Crippen LogP contribution is -2.50. The smallest absolute Gasteiger partial charge is 0.219 e. The molecule has 0 N–H and O–H groups in total. The molecule has 1 amide bonds. The SMILES string of the molecule is CC(=O)N(CCCc1ccccc1)C1CCC(c2ccccc2)(N(C)C)CC1.Cl. The third-order valence-corrected chi connectivity index (χ3v) is 6.50. The molecule has 0 unspecified atom stereocenters. The van der Waals surface area contributed by atoms with Crippen LogP contribution >= 0.6 is 12.4 Å². The minimum Gasteiger partial charge on any atom is -0.340 e. The van der Waals surface area contributed by atoms with E-state index in [1.807, 2.05) is 0 Å². The van der Waals surface area contributed by atoms with Gasteiger partial charge < -0.3 is 4.90 Å². The quantitative estimate of drug-likeness (QED) is 0.614. The number of aryl methyl sites for hydroxylation is 1. The molecule has 0 radical (unpaired) electrons. The summed E-state index contributed by atoms with van der Waals surface area (Å²) >= 11 is 0. The topological polar surface area (TPSA) is 23.6 Å². The Hall–Kier alpha value is -1.84. The molecule has 1 aliphatic rings. The van der Waals surface area contributed by atoms with E-state index in [0.717, 1.165) is 45.1 Å². The number of benzene rings is 2. The molecule has 4 heteroatoms. The Balaban J connectivity index is 0.00000300. The van der Waals surface area contributed by atoms with Gasteiger partial charge in [0.15, 0.2) is 0 Å². The molecule has 0 atom stereocenters. The average molecular weight is 415 g/mol. The van der Waals surface area contributed by atoms with Crippen molar-refractivity contribution in [3.8, 4) is 0 Å². The lowest BCUT2D eigenvalue weighted by molar-refractivity contribution is -0.132. The molecule has 3 nitrogen and oxygen atoms in total. The second kappa shape index (κ2) is 10.8. The first-order valence-corrected chi connectivity index (χ1v) is 10.6. The van der Waals surface area contributed by atoms with Crippen LogP contribution in [-0.2, 0) is 16.8 Å². The van der Waals surface area contributed by atoms with E-state index < -0.39 is 0 Å². The molecule has 0 bridgehead atoms. The van der Waals surface area contributed by atoms with Crippen LogP contribution in [0.25, 0.3) is 0 Å². The van der Waals surface area contributed by atoms with Crippen molar-refractivity contribution in [2.24, 2.45) is 0 Å². The summed E-state index contributed by atoms with van der Waals surface area (Å²) in [7, 11) is 4.38. The normalized spacial score (nSPS) is 21.4. The summed E-state index contributed by atoms with van der Waals surface area (Å²) in [4.78, 5) is 16.9. The number of carbonyl (C=O) groups excluding carboxylic acids is 1. The standard InChI is InChI=1S/C25H34N2O.ClH/c1-21(28)27(20-10-13-22-11-6-4-7-12-22)24-16-18-25(19-17-24,26(2)3)23-14-8-5-9-15-23;/h4-9,11-12,14-15,24H,10,13,16-20H2,1-3H3;1H. The number of halogens is 1. The molecule has 29 heavy (non-hydrogen) atoms. The Kier molecular flexibility index (Phi) is 8.73. The van der Waals surface area contributed by atoms with Crippen molar-refractivity contribution in [2.75, 3.05) is 20.6 Å². The molecule has 1 aliphatic carbocycles. The van der Waals surface area contributed by atoms with E-state index in [0.29, 0.717) is 6.04 Å². The maximum atomic E-state index is 12.4. The molecule has 158 valence electrons. The summed E-state index contributed by atoms with van der Waals surface area (Å²) in [5, 5.41) is 0. The predicted octanol–water partition coefficient (Wildman–Crippen LogP) is 5.29. The Morgan fingerprint density at radius 2 is 1.52 bits per heavy atom. The number of amides is 1. The molecule has 0 aromatic heterocycles. The largest absolute Gasteiger partial charge is 0.340 e. The van der Waals surface area contributed by atoms with Crippen LogP contribution in [0.15, 0.2) is 60.7 Å². The van der Waals surface area contributed by atoms with Gasteiger partial charge in [0, 0.05) is 25.0 Å². The van der Waals surface area contributed by atoms with Crippen LogP contribution in [0, 0.1) is 0 Å². The maximum absolute atomic E-state index is 12.4. The van der Waals surface area contributed by atoms with Gasteiger partial charge in [0.2, 0.25) is 5.91 Å². The fraction of sp³-hybridized carbons (Fsp3) is 0.480. The molecule has 2 aromatic carbocycles. The third-order valence-electron chi connectivity index (χ3n) is 6.50. The minimum absolute atomic E-state index is 0. The molecule has 0 saturated heterocycles. The van der Waals surface area contributed by atoms with E-state index >= 15 is 0 Å². The highest BCUT2D eigenvalue weighted by Gasteiger charge is 2.40. The van der Waals surface area contributed by atoms with Gasteiger partial charge in [-0.05, 0) is 63.7 Å². The van der Waals surface area contributed by atoms with E-state index in [1.54, 1.807) is 6.92 Å². The summed E-state index contributed by atoms with van der Waals surface area (Å²) in [5.74, 6) is 0.218. The summed E-state index contributed by atoms with van der Waals surface area (Å²) < 4.78 is 0. The van der Waals surface area contributed by atoms with E-state index in [-0.39, 0.29) is 23.9 Å². The fourth-order valence-corrected chi connectivity index (χ4v) is 4.83. The zero-order valence-electron chi connectivity index (χ0n) is 18.0. The number of hydrogen-bond acceptors (Lipinski definition) is 2. The first kappa shape index (κ1) is 23.4. The van der Waals surface area contributed by atoms with E-state index in [1.165, 1.54) is 11.1 Å². The van der Waals surface area contributed by atoms with Crippen molar-refractivity contribution in [3.63, 3.8) is 0 Å². The first-order chi connectivity index (χ1) is 13.5. The Morgan fingerprint density at radius 3 is 2.03 bits per heavy atom. The fourth-order valence-electron chi connectivity index (χ4n) is 4.83. The third kappa shape index (κ3) is 5.61. The van der Waals surface area contributed by atoms with E-state index in [9.17, 15) is 4.79 Å². The zero-order chi connectivity index (χ0) is 20.0. The summed E-state index contributed by atoms with van der Waals surface area (Å²) in [6, 6.07) is 21.8. The van der Waals surface area contributed by atoms with Crippen LogP contribution in [0.5, 0.6) is 0 Å². The van der Waals surface area contributed by atoms with Crippen LogP contribution < -0.4 is 0 Å². The van der Waals surface area contributed by atoms with Crippen molar-refractivity contribution in [2.45, 2.75) is 57.0 Å². The van der Waals surface area contributed by atoms with Crippen molar-refractivity contribution in [1.29, 1.82) is 0 Å². The minimum atomic E-state index is 0. The van der Waals surface area contributed by atoms with Gasteiger partial charge in [0.25, 0.3) is 0 Å². The van der Waals surface area contributed by atoms with Gasteiger partial charge >= 0.3 is 0 Å². The lowest BCUT2D eigenvalue weighted by Gasteiger charge is -2.47. The van der Waals surface area contributed by atoms with Crippen molar-refractivity contribution >= 4 is 18.3 Å². The van der Waals surface area contributed by atoms with Gasteiger partial charge in [-0.25, -0.2) is 0 Å². The van der Waals surface area contributed by atoms with Gasteiger partial charge in [-0.2, -0.15) is 0 Å². The predicted molar refractivity (Wildman–Crippen MR) is 123 cm³/mol. The Morgan fingerprint density at radius 1 is 0.966 bits per heavy atom. The molecule has 3 rings (SSSR count). The first-order valence-electron chi connectivity index (χ1n) is 10.6. The number of nitrogens with zero attached hydrogens (tertiary/aromatic N) is 2. The second-order valence-electron chi connectivity index (χ2n) is 8.32. The lowest BCUT2D eigenvalue weighted by atomic mass is 9.73. The van der Waals surface area contributed by atoms with Gasteiger partial charge in [-0.3, -0.25) is 9.69 Å². The number of rotatable bonds is 7. The van der Waals surface area contributed by atoms with Gasteiger partial charge in [0.05, 0.1) is 0 Å². The molecule has 2 aromatic rings. The molecular formula is C25H35ClN2O. The number of hydrogen-bond donors (Lipinski definition) is 0. The van der Waals surface area contributed by atoms with Gasteiger partial charge in [0.1, 0.15) is 0 Å². The highest BCUT2D eigenvalue weighted by molar-refractivity contribution is 5.85. The number of carbonyl (C=O) groups is 1. The summed E-state index contributed by atoms with van der Waals surface area (Å²) in [5.41, 5.74) is 2.84. The van der Waals surface area contributed by atoms with Crippen molar-refractivity contribution in [1.82, 2.24) is 9.80 Å².